The third-order valence-electron chi connectivity index (χ3n) is 3.71. The van der Waals surface area contributed by atoms with Crippen LogP contribution in [-0.2, 0) is 24.1 Å². The van der Waals surface area contributed by atoms with Gasteiger partial charge in [-0.25, -0.2) is 4.98 Å². The Morgan fingerprint density at radius 2 is 2.24 bits per heavy atom. The van der Waals surface area contributed by atoms with Crippen molar-refractivity contribution in [3.05, 3.63) is 45.9 Å². The molecule has 4 nitrogen and oxygen atoms in total. The molecule has 0 aliphatic carbocycles. The first-order valence-corrected chi connectivity index (χ1v) is 8.17. The molecular weight excluding hydrogens is 282 g/mol. The van der Waals surface area contributed by atoms with Crippen molar-refractivity contribution in [2.45, 2.75) is 25.7 Å². The molecule has 2 N–H and O–H groups in total. The first-order valence-electron chi connectivity index (χ1n) is 7.29. The third-order valence-corrected chi connectivity index (χ3v) is 4.67. The van der Waals surface area contributed by atoms with Crippen molar-refractivity contribution in [3.8, 4) is 0 Å². The van der Waals surface area contributed by atoms with Gasteiger partial charge in [-0.05, 0) is 31.0 Å². The Morgan fingerprint density at radius 1 is 1.38 bits per heavy atom. The molecule has 1 amide bonds. The highest BCUT2D eigenvalue weighted by Crippen LogP contribution is 2.28. The number of aromatic nitrogens is 1. The number of hydrogen-bond acceptors (Lipinski definition) is 4. The normalized spacial score (nSPS) is 13.5. The topological polar surface area (TPSA) is 59.2 Å². The molecule has 3 rings (SSSR count). The van der Waals surface area contributed by atoms with Crippen LogP contribution in [0.5, 0.6) is 0 Å². The summed E-state index contributed by atoms with van der Waals surface area (Å²) in [5, 5.41) is 3.07. The number of rotatable bonds is 5. The molecule has 0 saturated heterocycles. The first kappa shape index (κ1) is 14.2. The van der Waals surface area contributed by atoms with Crippen LogP contribution in [-0.4, -0.2) is 24.0 Å². The minimum atomic E-state index is 0.135. The monoisotopic (exact) mass is 301 g/mol. The van der Waals surface area contributed by atoms with Crippen LogP contribution in [0.2, 0.25) is 0 Å². The summed E-state index contributed by atoms with van der Waals surface area (Å²) in [5.74, 6) is 0.135. The number of thiazole rings is 1. The summed E-state index contributed by atoms with van der Waals surface area (Å²) in [6, 6.07) is 8.12. The van der Waals surface area contributed by atoms with Gasteiger partial charge >= 0.3 is 0 Å². The molecule has 0 spiro atoms. The number of carbonyl (C=O) groups is 1. The van der Waals surface area contributed by atoms with Gasteiger partial charge in [0.05, 0.1) is 17.1 Å². The zero-order valence-electron chi connectivity index (χ0n) is 11.9. The number of nitrogens with two attached hydrogens (primary N) is 1. The van der Waals surface area contributed by atoms with E-state index in [-0.39, 0.29) is 5.91 Å². The zero-order valence-corrected chi connectivity index (χ0v) is 12.7. The van der Waals surface area contributed by atoms with Crippen LogP contribution >= 0.6 is 11.3 Å². The predicted molar refractivity (Wildman–Crippen MR) is 85.7 cm³/mol. The summed E-state index contributed by atoms with van der Waals surface area (Å²) in [5.41, 5.74) is 8.70. The Bertz CT molecular complexity index is 638. The number of carbonyl (C=O) groups excluding carboxylic acids is 1. The number of amides is 1. The molecule has 0 bridgehead atoms. The van der Waals surface area contributed by atoms with Crippen LogP contribution in [0.15, 0.2) is 29.6 Å². The summed E-state index contributed by atoms with van der Waals surface area (Å²) in [4.78, 5) is 18.9. The third kappa shape index (κ3) is 3.14. The molecule has 2 heterocycles. The molecule has 1 aliphatic heterocycles. The Morgan fingerprint density at radius 3 is 3.10 bits per heavy atom. The Kier molecular flexibility index (Phi) is 4.31. The van der Waals surface area contributed by atoms with E-state index in [1.807, 2.05) is 28.5 Å². The van der Waals surface area contributed by atoms with Crippen LogP contribution in [0.25, 0.3) is 0 Å². The Labute approximate surface area is 128 Å². The summed E-state index contributed by atoms with van der Waals surface area (Å²) >= 11 is 1.62. The minimum Gasteiger partial charge on any atom is -0.330 e. The molecule has 1 aromatic carbocycles. The highest BCUT2D eigenvalue weighted by Gasteiger charge is 2.24. The van der Waals surface area contributed by atoms with Crippen molar-refractivity contribution in [1.29, 1.82) is 0 Å². The van der Waals surface area contributed by atoms with Gasteiger partial charge in [0.1, 0.15) is 0 Å². The minimum absolute atomic E-state index is 0.135. The van der Waals surface area contributed by atoms with Crippen LogP contribution in [0.1, 0.15) is 22.7 Å². The van der Waals surface area contributed by atoms with Gasteiger partial charge in [-0.3, -0.25) is 4.79 Å². The largest absolute Gasteiger partial charge is 0.330 e. The molecule has 1 aromatic heterocycles. The van der Waals surface area contributed by atoms with Gasteiger partial charge in [0.25, 0.3) is 0 Å². The lowest BCUT2D eigenvalue weighted by Gasteiger charge is -2.16. The van der Waals surface area contributed by atoms with E-state index < -0.39 is 0 Å². The molecule has 0 fully saturated rings. The number of aryl methyl sites for hydroxylation is 1. The fraction of sp³-hybridized carbons (Fsp3) is 0.375. The van der Waals surface area contributed by atoms with Gasteiger partial charge in [-0.2, -0.15) is 0 Å². The van der Waals surface area contributed by atoms with Crippen LogP contribution < -0.4 is 10.6 Å². The average Bonchev–Trinajstić information content (AvgIpc) is 3.11. The quantitative estimate of drug-likeness (QED) is 0.920. The van der Waals surface area contributed by atoms with E-state index in [1.165, 1.54) is 5.56 Å². The van der Waals surface area contributed by atoms with E-state index in [2.05, 4.69) is 11.1 Å². The predicted octanol–water partition coefficient (Wildman–Crippen LogP) is 2.17. The standard InChI is InChI=1S/C16H19N3OS/c17-8-3-6-15-18-13(11-21-15)10-16(20)19-9-7-12-4-1-2-5-14(12)19/h1-2,4-5,11H,3,6-10,17H2. The van der Waals surface area contributed by atoms with Crippen molar-refractivity contribution >= 4 is 22.9 Å². The van der Waals surface area contributed by atoms with Crippen molar-refractivity contribution in [2.24, 2.45) is 5.73 Å². The van der Waals surface area contributed by atoms with Gasteiger partial charge in [-0.1, -0.05) is 18.2 Å². The fourth-order valence-electron chi connectivity index (χ4n) is 2.65. The van der Waals surface area contributed by atoms with Crippen LogP contribution in [0, 0.1) is 0 Å². The van der Waals surface area contributed by atoms with Gasteiger partial charge < -0.3 is 10.6 Å². The van der Waals surface area contributed by atoms with E-state index >= 15 is 0 Å². The van der Waals surface area contributed by atoms with E-state index in [4.69, 9.17) is 5.73 Å². The SMILES string of the molecule is NCCCc1nc(CC(=O)N2CCc3ccccc32)cs1. The van der Waals surface area contributed by atoms with Gasteiger partial charge in [0.15, 0.2) is 0 Å². The second-order valence-electron chi connectivity index (χ2n) is 5.23. The number of para-hydroxylation sites is 1. The maximum absolute atomic E-state index is 12.5. The van der Waals surface area contributed by atoms with Crippen molar-refractivity contribution in [2.75, 3.05) is 18.0 Å². The molecule has 5 heteroatoms. The highest BCUT2D eigenvalue weighted by atomic mass is 32.1. The van der Waals surface area contributed by atoms with Crippen molar-refractivity contribution < 1.29 is 4.79 Å². The van der Waals surface area contributed by atoms with Crippen molar-refractivity contribution in [1.82, 2.24) is 4.98 Å². The van der Waals surface area contributed by atoms with Crippen molar-refractivity contribution in [3.63, 3.8) is 0 Å². The maximum atomic E-state index is 12.5. The van der Waals surface area contributed by atoms with Gasteiger partial charge in [-0.15, -0.1) is 11.3 Å². The number of benzene rings is 1. The zero-order chi connectivity index (χ0) is 14.7. The van der Waals surface area contributed by atoms with E-state index in [0.717, 1.165) is 42.2 Å². The molecule has 0 atom stereocenters. The highest BCUT2D eigenvalue weighted by molar-refractivity contribution is 7.09. The number of nitrogens with zero attached hydrogens (tertiary/aromatic N) is 2. The number of anilines is 1. The first-order chi connectivity index (χ1) is 10.3. The Hall–Kier alpha value is -1.72. The second-order valence-corrected chi connectivity index (χ2v) is 6.17. The maximum Gasteiger partial charge on any atom is 0.233 e. The van der Waals surface area contributed by atoms with E-state index in [1.54, 1.807) is 11.3 Å². The van der Waals surface area contributed by atoms with Crippen LogP contribution in [0.4, 0.5) is 5.69 Å². The molecule has 1 aliphatic rings. The number of fused-ring (bicyclic) bond motifs is 1. The van der Waals surface area contributed by atoms with Crippen LogP contribution in [0.3, 0.4) is 0 Å². The van der Waals surface area contributed by atoms with Gasteiger partial charge in [0.2, 0.25) is 5.91 Å². The molecule has 2 aromatic rings. The molecule has 0 radical (unpaired) electrons. The van der Waals surface area contributed by atoms with E-state index in [9.17, 15) is 4.79 Å². The lowest BCUT2D eigenvalue weighted by Crippen LogP contribution is -2.30. The Balaban J connectivity index is 1.66. The summed E-state index contributed by atoms with van der Waals surface area (Å²) in [6.07, 6.45) is 3.18. The summed E-state index contributed by atoms with van der Waals surface area (Å²) < 4.78 is 0. The number of hydrogen-bond donors (Lipinski definition) is 1. The van der Waals surface area contributed by atoms with Gasteiger partial charge in [0, 0.05) is 24.0 Å². The summed E-state index contributed by atoms with van der Waals surface area (Å²) in [7, 11) is 0. The molecule has 0 saturated carbocycles. The lowest BCUT2D eigenvalue weighted by molar-refractivity contribution is -0.117. The fourth-order valence-corrected chi connectivity index (χ4v) is 3.49. The lowest BCUT2D eigenvalue weighted by atomic mass is 10.2. The molecule has 110 valence electrons. The molecule has 0 unspecified atom stereocenters. The summed E-state index contributed by atoms with van der Waals surface area (Å²) in [6.45, 7) is 1.46. The smallest absolute Gasteiger partial charge is 0.233 e. The second kappa shape index (κ2) is 6.37. The average molecular weight is 301 g/mol. The molecule has 21 heavy (non-hydrogen) atoms. The van der Waals surface area contributed by atoms with E-state index in [0.29, 0.717) is 13.0 Å². The molecular formula is C16H19N3OS.